The van der Waals surface area contributed by atoms with E-state index < -0.39 is 10.0 Å². The molecular formula is C15H21N3O2S2. The molecular weight excluding hydrogens is 318 g/mol. The molecule has 1 N–H and O–H groups in total. The number of hydrogen-bond acceptors (Lipinski definition) is 4. The number of nitrogens with one attached hydrogen (secondary N) is 1. The molecule has 120 valence electrons. The summed E-state index contributed by atoms with van der Waals surface area (Å²) in [5, 5.41) is 0.854. The van der Waals surface area contributed by atoms with Crippen LogP contribution in [0.2, 0.25) is 0 Å². The van der Waals surface area contributed by atoms with Crippen LogP contribution in [0.4, 0.5) is 0 Å². The summed E-state index contributed by atoms with van der Waals surface area (Å²) in [4.78, 5) is 4.33. The Morgan fingerprint density at radius 1 is 1.27 bits per heavy atom. The van der Waals surface area contributed by atoms with Gasteiger partial charge in [-0.05, 0) is 23.6 Å². The van der Waals surface area contributed by atoms with Crippen LogP contribution < -0.4 is 4.72 Å². The van der Waals surface area contributed by atoms with Crippen molar-refractivity contribution in [2.45, 2.75) is 24.9 Å². The Balaban J connectivity index is 2.03. The molecule has 0 unspecified atom stereocenters. The first-order valence-electron chi connectivity index (χ1n) is 7.08. The molecule has 2 aromatic rings. The maximum Gasteiger partial charge on any atom is 0.208 e. The van der Waals surface area contributed by atoms with Crippen molar-refractivity contribution in [1.82, 2.24) is 14.3 Å². The quantitative estimate of drug-likeness (QED) is 0.622. The molecule has 0 saturated heterocycles. The lowest BCUT2D eigenvalue weighted by Gasteiger charge is -2.10. The maximum atomic E-state index is 11.0. The molecule has 5 nitrogen and oxygen atoms in total. The number of nitrogens with zero attached hydrogens (tertiary/aromatic N) is 2. The van der Waals surface area contributed by atoms with Crippen LogP contribution in [-0.4, -0.2) is 36.5 Å². The Hall–Kier alpha value is -1.31. The second kappa shape index (κ2) is 7.30. The van der Waals surface area contributed by atoms with Crippen molar-refractivity contribution in [3.05, 3.63) is 42.2 Å². The topological polar surface area (TPSA) is 64.0 Å². The second-order valence-electron chi connectivity index (χ2n) is 5.34. The van der Waals surface area contributed by atoms with Crippen molar-refractivity contribution in [3.63, 3.8) is 0 Å². The van der Waals surface area contributed by atoms with Crippen LogP contribution in [-0.2, 0) is 10.0 Å². The fourth-order valence-electron chi connectivity index (χ4n) is 1.98. The minimum Gasteiger partial charge on any atom is -0.295 e. The molecule has 0 spiro atoms. The van der Waals surface area contributed by atoms with Gasteiger partial charge in [-0.3, -0.25) is 4.57 Å². The standard InChI is InChI=1S/C15H21N3O2S2/c1-12(2)13-4-6-14(7-5-13)18-10-8-16-15(18)21-11-9-17-22(3,19)20/h4-8,10,12,17H,9,11H2,1-3H3. The molecule has 7 heteroatoms. The molecule has 1 aromatic heterocycles. The number of benzene rings is 1. The van der Waals surface area contributed by atoms with E-state index in [0.717, 1.165) is 17.1 Å². The fourth-order valence-corrected chi connectivity index (χ4v) is 3.41. The molecule has 0 aliphatic heterocycles. The lowest BCUT2D eigenvalue weighted by Crippen LogP contribution is -2.24. The summed E-state index contributed by atoms with van der Waals surface area (Å²) in [6, 6.07) is 8.41. The van der Waals surface area contributed by atoms with Gasteiger partial charge in [0, 0.05) is 30.4 Å². The van der Waals surface area contributed by atoms with Gasteiger partial charge in [-0.1, -0.05) is 37.7 Å². The molecule has 0 aliphatic carbocycles. The van der Waals surface area contributed by atoms with Crippen molar-refractivity contribution in [2.75, 3.05) is 18.6 Å². The zero-order valence-corrected chi connectivity index (χ0v) is 14.6. The molecule has 0 fully saturated rings. The van der Waals surface area contributed by atoms with Crippen molar-refractivity contribution < 1.29 is 8.42 Å². The van der Waals surface area contributed by atoms with Gasteiger partial charge in [0.25, 0.3) is 0 Å². The van der Waals surface area contributed by atoms with E-state index in [-0.39, 0.29) is 0 Å². The van der Waals surface area contributed by atoms with Crippen LogP contribution in [0.3, 0.4) is 0 Å². The average Bonchev–Trinajstić information content (AvgIpc) is 2.91. The molecule has 0 radical (unpaired) electrons. The molecule has 0 aliphatic rings. The van der Waals surface area contributed by atoms with E-state index in [2.05, 4.69) is 47.8 Å². The van der Waals surface area contributed by atoms with Crippen LogP contribution in [0.15, 0.2) is 41.8 Å². The maximum absolute atomic E-state index is 11.0. The van der Waals surface area contributed by atoms with E-state index in [1.165, 1.54) is 17.3 Å². The van der Waals surface area contributed by atoms with Crippen LogP contribution in [0.1, 0.15) is 25.3 Å². The largest absolute Gasteiger partial charge is 0.295 e. The molecule has 1 heterocycles. The van der Waals surface area contributed by atoms with Crippen LogP contribution in [0.5, 0.6) is 0 Å². The predicted octanol–water partition coefficient (Wildman–Crippen LogP) is 2.64. The monoisotopic (exact) mass is 339 g/mol. The first-order valence-corrected chi connectivity index (χ1v) is 9.95. The third-order valence-electron chi connectivity index (χ3n) is 3.14. The molecule has 1 aromatic carbocycles. The third kappa shape index (κ3) is 4.86. The highest BCUT2D eigenvalue weighted by Crippen LogP contribution is 2.22. The minimum atomic E-state index is -3.13. The lowest BCUT2D eigenvalue weighted by molar-refractivity contribution is 0.590. The number of rotatable bonds is 7. The fraction of sp³-hybridized carbons (Fsp3) is 0.400. The summed E-state index contributed by atoms with van der Waals surface area (Å²) in [6.07, 6.45) is 4.83. The van der Waals surface area contributed by atoms with Gasteiger partial charge in [-0.15, -0.1) is 0 Å². The van der Waals surface area contributed by atoms with Gasteiger partial charge in [0.05, 0.1) is 6.26 Å². The number of imidazole rings is 1. The molecule has 0 bridgehead atoms. The summed E-state index contributed by atoms with van der Waals surface area (Å²) in [5.41, 5.74) is 2.36. The van der Waals surface area contributed by atoms with Gasteiger partial charge in [-0.2, -0.15) is 0 Å². The van der Waals surface area contributed by atoms with Gasteiger partial charge in [0.15, 0.2) is 5.16 Å². The summed E-state index contributed by atoms with van der Waals surface area (Å²) in [6.45, 7) is 4.73. The van der Waals surface area contributed by atoms with Gasteiger partial charge < -0.3 is 0 Å². The van der Waals surface area contributed by atoms with E-state index >= 15 is 0 Å². The highest BCUT2D eigenvalue weighted by atomic mass is 32.2. The van der Waals surface area contributed by atoms with Crippen molar-refractivity contribution >= 4 is 21.8 Å². The van der Waals surface area contributed by atoms with Crippen LogP contribution in [0, 0.1) is 0 Å². The SMILES string of the molecule is CC(C)c1ccc(-n2ccnc2SCCNS(C)(=O)=O)cc1. The van der Waals surface area contributed by atoms with Crippen molar-refractivity contribution in [3.8, 4) is 5.69 Å². The molecule has 22 heavy (non-hydrogen) atoms. The summed E-state index contributed by atoms with van der Waals surface area (Å²) in [5.74, 6) is 1.14. The highest BCUT2D eigenvalue weighted by molar-refractivity contribution is 7.99. The Morgan fingerprint density at radius 3 is 2.55 bits per heavy atom. The Labute approximate surface area is 136 Å². The second-order valence-corrected chi connectivity index (χ2v) is 8.24. The van der Waals surface area contributed by atoms with E-state index in [9.17, 15) is 8.42 Å². The Morgan fingerprint density at radius 2 is 1.95 bits per heavy atom. The Kier molecular flexibility index (Phi) is 5.66. The number of thioether (sulfide) groups is 1. The van der Waals surface area contributed by atoms with E-state index in [4.69, 9.17) is 0 Å². The van der Waals surface area contributed by atoms with Gasteiger partial charge in [0.1, 0.15) is 0 Å². The number of aromatic nitrogens is 2. The Bertz CT molecular complexity index is 707. The van der Waals surface area contributed by atoms with Crippen LogP contribution >= 0.6 is 11.8 Å². The van der Waals surface area contributed by atoms with E-state index in [1.54, 1.807) is 6.20 Å². The third-order valence-corrected chi connectivity index (χ3v) is 4.84. The first kappa shape index (κ1) is 17.1. The predicted molar refractivity (Wildman–Crippen MR) is 91.2 cm³/mol. The van der Waals surface area contributed by atoms with E-state index in [0.29, 0.717) is 18.2 Å². The molecule has 0 atom stereocenters. The number of sulfonamides is 1. The normalized spacial score (nSPS) is 12.0. The van der Waals surface area contributed by atoms with Gasteiger partial charge in [-0.25, -0.2) is 18.1 Å². The summed E-state index contributed by atoms with van der Waals surface area (Å²) < 4.78 is 26.5. The zero-order chi connectivity index (χ0) is 16.2. The molecule has 0 saturated carbocycles. The average molecular weight is 339 g/mol. The smallest absolute Gasteiger partial charge is 0.208 e. The number of hydrogen-bond donors (Lipinski definition) is 1. The van der Waals surface area contributed by atoms with Gasteiger partial charge >= 0.3 is 0 Å². The minimum absolute atomic E-state index is 0.392. The highest BCUT2D eigenvalue weighted by Gasteiger charge is 2.07. The van der Waals surface area contributed by atoms with Crippen molar-refractivity contribution in [1.29, 1.82) is 0 Å². The van der Waals surface area contributed by atoms with Crippen LogP contribution in [0.25, 0.3) is 5.69 Å². The summed E-state index contributed by atoms with van der Waals surface area (Å²) >= 11 is 1.52. The molecule has 2 rings (SSSR count). The lowest BCUT2D eigenvalue weighted by atomic mass is 10.0. The van der Waals surface area contributed by atoms with Crippen molar-refractivity contribution in [2.24, 2.45) is 0 Å². The zero-order valence-electron chi connectivity index (χ0n) is 13.0. The van der Waals surface area contributed by atoms with Gasteiger partial charge in [0.2, 0.25) is 10.0 Å². The first-order chi connectivity index (χ1) is 10.4. The van der Waals surface area contributed by atoms with E-state index in [1.807, 2.05) is 10.8 Å². The molecule has 0 amide bonds. The summed E-state index contributed by atoms with van der Waals surface area (Å²) in [7, 11) is -3.13.